The molecule has 8 nitrogen and oxygen atoms in total. The van der Waals surface area contributed by atoms with Gasteiger partial charge >= 0.3 is 0 Å². The van der Waals surface area contributed by atoms with E-state index < -0.39 is 0 Å². The molecule has 4 rings (SSSR count). The lowest BCUT2D eigenvalue weighted by molar-refractivity contribution is -0.130. The number of carbonyl (C=O) groups is 2. The van der Waals surface area contributed by atoms with E-state index in [-0.39, 0.29) is 35.7 Å². The third kappa shape index (κ3) is 6.70. The summed E-state index contributed by atoms with van der Waals surface area (Å²) in [6.45, 7) is 8.67. The van der Waals surface area contributed by atoms with E-state index in [1.807, 2.05) is 31.2 Å². The van der Waals surface area contributed by atoms with E-state index in [4.69, 9.17) is 0 Å². The normalized spacial score (nSPS) is 23.9. The Morgan fingerprint density at radius 1 is 1.14 bits per heavy atom. The van der Waals surface area contributed by atoms with Gasteiger partial charge in [0.2, 0.25) is 11.8 Å². The Hall–Kier alpha value is -2.71. The van der Waals surface area contributed by atoms with E-state index in [0.29, 0.717) is 6.54 Å². The number of fused-ring (bicyclic) bond motifs is 1. The molecule has 1 saturated heterocycles. The van der Waals surface area contributed by atoms with Crippen LogP contribution in [-0.2, 0) is 22.6 Å². The summed E-state index contributed by atoms with van der Waals surface area (Å²) < 4.78 is 0. The van der Waals surface area contributed by atoms with E-state index in [1.165, 1.54) is 11.1 Å². The van der Waals surface area contributed by atoms with E-state index in [2.05, 4.69) is 50.1 Å². The van der Waals surface area contributed by atoms with Crippen LogP contribution < -0.4 is 16.0 Å². The SMILES string of the molecule is CNC(CNC(=O)C1C=C(NC2CCN(C(C)=O)CC2)N=CC1C)CN1CCc2ccccc2C1. The second-order valence-corrected chi connectivity index (χ2v) is 10.1. The highest BCUT2D eigenvalue weighted by molar-refractivity contribution is 5.85. The molecular formula is C27H40N6O2. The first-order valence-corrected chi connectivity index (χ1v) is 12.9. The van der Waals surface area contributed by atoms with Crippen molar-refractivity contribution in [3.8, 4) is 0 Å². The lowest BCUT2D eigenvalue weighted by atomic mass is 9.91. The summed E-state index contributed by atoms with van der Waals surface area (Å²) in [7, 11) is 1.96. The predicted molar refractivity (Wildman–Crippen MR) is 139 cm³/mol. The lowest BCUT2D eigenvalue weighted by Gasteiger charge is -2.33. The number of piperidine rings is 1. The van der Waals surface area contributed by atoms with Crippen molar-refractivity contribution in [3.63, 3.8) is 0 Å². The summed E-state index contributed by atoms with van der Waals surface area (Å²) in [6, 6.07) is 9.12. The van der Waals surface area contributed by atoms with Gasteiger partial charge in [-0.05, 0) is 43.5 Å². The Labute approximate surface area is 209 Å². The zero-order valence-corrected chi connectivity index (χ0v) is 21.3. The first kappa shape index (κ1) is 25.4. The molecule has 8 heteroatoms. The Kier molecular flexibility index (Phi) is 8.57. The quantitative estimate of drug-likeness (QED) is 0.525. The number of likely N-dealkylation sites (tertiary alicyclic amines) is 1. The molecule has 1 fully saturated rings. The highest BCUT2D eigenvalue weighted by atomic mass is 16.2. The van der Waals surface area contributed by atoms with Crippen molar-refractivity contribution in [2.75, 3.05) is 39.8 Å². The molecule has 0 bridgehead atoms. The van der Waals surface area contributed by atoms with Crippen LogP contribution in [0.1, 0.15) is 37.8 Å². The molecule has 35 heavy (non-hydrogen) atoms. The zero-order valence-electron chi connectivity index (χ0n) is 21.3. The fourth-order valence-electron chi connectivity index (χ4n) is 5.22. The van der Waals surface area contributed by atoms with Crippen LogP contribution in [0.25, 0.3) is 0 Å². The van der Waals surface area contributed by atoms with Gasteiger partial charge < -0.3 is 20.9 Å². The summed E-state index contributed by atoms with van der Waals surface area (Å²) in [5.41, 5.74) is 2.86. The topological polar surface area (TPSA) is 89.1 Å². The molecule has 3 atom stereocenters. The molecule has 3 N–H and O–H groups in total. The third-order valence-electron chi connectivity index (χ3n) is 7.57. The fourth-order valence-corrected chi connectivity index (χ4v) is 5.22. The number of nitrogens with one attached hydrogen (secondary N) is 3. The van der Waals surface area contributed by atoms with Crippen molar-refractivity contribution in [1.82, 2.24) is 25.8 Å². The molecular weight excluding hydrogens is 440 g/mol. The minimum absolute atomic E-state index is 0.0404. The lowest BCUT2D eigenvalue weighted by Crippen LogP contribution is -2.49. The molecule has 0 spiro atoms. The maximum Gasteiger partial charge on any atom is 0.227 e. The van der Waals surface area contributed by atoms with Gasteiger partial charge in [-0.1, -0.05) is 31.2 Å². The molecule has 3 heterocycles. The molecule has 3 aliphatic rings. The van der Waals surface area contributed by atoms with Crippen molar-refractivity contribution in [2.24, 2.45) is 16.8 Å². The van der Waals surface area contributed by atoms with Crippen LogP contribution in [0.5, 0.6) is 0 Å². The maximum absolute atomic E-state index is 13.1. The minimum atomic E-state index is -0.244. The van der Waals surface area contributed by atoms with Gasteiger partial charge in [0, 0.05) is 70.4 Å². The zero-order chi connectivity index (χ0) is 24.8. The highest BCUT2D eigenvalue weighted by Gasteiger charge is 2.28. The summed E-state index contributed by atoms with van der Waals surface area (Å²) in [6.07, 6.45) is 6.70. The average molecular weight is 481 g/mol. The van der Waals surface area contributed by atoms with Gasteiger partial charge in [0.1, 0.15) is 5.82 Å². The van der Waals surface area contributed by atoms with Gasteiger partial charge in [-0.3, -0.25) is 14.5 Å². The van der Waals surface area contributed by atoms with Crippen LogP contribution in [0, 0.1) is 11.8 Å². The Bertz CT molecular complexity index is 953. The number of amides is 2. The summed E-state index contributed by atoms with van der Waals surface area (Å²) >= 11 is 0. The van der Waals surface area contributed by atoms with E-state index in [1.54, 1.807) is 6.92 Å². The van der Waals surface area contributed by atoms with Gasteiger partial charge in [-0.2, -0.15) is 0 Å². The van der Waals surface area contributed by atoms with Crippen molar-refractivity contribution in [2.45, 2.75) is 51.7 Å². The Morgan fingerprint density at radius 3 is 2.60 bits per heavy atom. The van der Waals surface area contributed by atoms with E-state index in [9.17, 15) is 9.59 Å². The van der Waals surface area contributed by atoms with Crippen LogP contribution in [0.3, 0.4) is 0 Å². The highest BCUT2D eigenvalue weighted by Crippen LogP contribution is 2.21. The number of benzene rings is 1. The van der Waals surface area contributed by atoms with Gasteiger partial charge in [0.15, 0.2) is 0 Å². The third-order valence-corrected chi connectivity index (χ3v) is 7.57. The van der Waals surface area contributed by atoms with Gasteiger partial charge in [-0.25, -0.2) is 4.99 Å². The summed E-state index contributed by atoms with van der Waals surface area (Å²) in [4.78, 5) is 33.6. The molecule has 0 radical (unpaired) electrons. The molecule has 0 saturated carbocycles. The second-order valence-electron chi connectivity index (χ2n) is 10.1. The number of rotatable bonds is 8. The van der Waals surface area contributed by atoms with Gasteiger partial charge in [-0.15, -0.1) is 0 Å². The molecule has 0 aromatic heterocycles. The largest absolute Gasteiger partial charge is 0.367 e. The Morgan fingerprint density at radius 2 is 1.89 bits per heavy atom. The summed E-state index contributed by atoms with van der Waals surface area (Å²) in [5, 5.41) is 10.0. The molecule has 1 aromatic carbocycles. The van der Waals surface area contributed by atoms with Crippen LogP contribution in [0.4, 0.5) is 0 Å². The molecule has 3 unspecified atom stereocenters. The predicted octanol–water partition coefficient (Wildman–Crippen LogP) is 1.53. The van der Waals surface area contributed by atoms with Crippen molar-refractivity contribution in [1.29, 1.82) is 0 Å². The standard InChI is InChI=1S/C27H40N6O2/c1-19-15-29-26(31-23-9-12-33(13-10-23)20(2)34)14-25(19)27(35)30-16-24(28-3)18-32-11-8-21-6-4-5-7-22(21)17-32/h4-7,14-15,19,23-25,28,31H,8-13,16-18H2,1-3H3,(H,30,35). The Balaban J connectivity index is 1.26. The maximum atomic E-state index is 13.1. The van der Waals surface area contributed by atoms with E-state index in [0.717, 1.165) is 57.8 Å². The minimum Gasteiger partial charge on any atom is -0.367 e. The van der Waals surface area contributed by atoms with E-state index >= 15 is 0 Å². The number of aliphatic imine (C=N–C) groups is 1. The van der Waals surface area contributed by atoms with Crippen LogP contribution in [0.15, 0.2) is 41.2 Å². The van der Waals surface area contributed by atoms with Crippen molar-refractivity contribution < 1.29 is 9.59 Å². The fraction of sp³-hybridized carbons (Fsp3) is 0.593. The monoisotopic (exact) mass is 480 g/mol. The van der Waals surface area contributed by atoms with Crippen LogP contribution in [-0.4, -0.2) is 79.7 Å². The molecule has 1 aromatic rings. The number of carbonyl (C=O) groups excluding carboxylic acids is 2. The smallest absolute Gasteiger partial charge is 0.227 e. The van der Waals surface area contributed by atoms with Crippen LogP contribution in [0.2, 0.25) is 0 Å². The van der Waals surface area contributed by atoms with Crippen LogP contribution >= 0.6 is 0 Å². The number of nitrogens with zero attached hydrogens (tertiary/aromatic N) is 3. The second kappa shape index (κ2) is 11.8. The van der Waals surface area contributed by atoms with Gasteiger partial charge in [0.05, 0.1) is 5.92 Å². The number of hydrogen-bond donors (Lipinski definition) is 3. The average Bonchev–Trinajstić information content (AvgIpc) is 2.87. The number of hydrogen-bond acceptors (Lipinski definition) is 6. The van der Waals surface area contributed by atoms with Crippen molar-refractivity contribution >= 4 is 18.0 Å². The molecule has 3 aliphatic heterocycles. The molecule has 190 valence electrons. The van der Waals surface area contributed by atoms with Crippen molar-refractivity contribution in [3.05, 3.63) is 47.3 Å². The molecule has 2 amide bonds. The first-order chi connectivity index (χ1) is 16.9. The summed E-state index contributed by atoms with van der Waals surface area (Å²) in [5.74, 6) is 0.743. The number of likely N-dealkylation sites (N-methyl/N-ethyl adjacent to an activating group) is 1. The van der Waals surface area contributed by atoms with Gasteiger partial charge in [0.25, 0.3) is 0 Å². The first-order valence-electron chi connectivity index (χ1n) is 12.9. The molecule has 0 aliphatic carbocycles.